The number of rotatable bonds is 1. The Morgan fingerprint density at radius 2 is 2.25 bits per heavy atom. The van der Waals surface area contributed by atoms with E-state index in [-0.39, 0.29) is 5.31 Å². The normalized spacial score (nSPS) is 33.2. The molecule has 2 aliphatic rings. The second-order valence-corrected chi connectivity index (χ2v) is 5.36. The summed E-state index contributed by atoms with van der Waals surface area (Å²) in [6.07, 6.45) is 5.56. The van der Waals surface area contributed by atoms with Crippen LogP contribution in [0.2, 0.25) is 5.31 Å². The molecule has 1 aliphatic heterocycles. The van der Waals surface area contributed by atoms with Crippen LogP contribution in [0.4, 0.5) is 0 Å². The van der Waals surface area contributed by atoms with Gasteiger partial charge in [-0.3, -0.25) is 4.99 Å². The van der Waals surface area contributed by atoms with E-state index in [2.05, 4.69) is 30.8 Å². The molecule has 0 aromatic rings. The maximum atomic E-state index is 6.31. The van der Waals surface area contributed by atoms with Gasteiger partial charge >= 0.3 is 0 Å². The Morgan fingerprint density at radius 3 is 2.94 bits per heavy atom. The van der Waals surface area contributed by atoms with Crippen molar-refractivity contribution in [1.82, 2.24) is 4.90 Å². The third-order valence-corrected chi connectivity index (χ3v) is 3.69. The van der Waals surface area contributed by atoms with Gasteiger partial charge in [-0.2, -0.15) is 0 Å². The Bertz CT molecular complexity index is 342. The van der Waals surface area contributed by atoms with E-state index in [1.807, 2.05) is 0 Å². The lowest BCUT2D eigenvalue weighted by Gasteiger charge is -2.23. The van der Waals surface area contributed by atoms with Gasteiger partial charge in [0.05, 0.1) is 7.85 Å². The fourth-order valence-corrected chi connectivity index (χ4v) is 2.89. The fraction of sp³-hybridized carbons (Fsp3) is 0.769. The average Bonchev–Trinajstić information content (AvgIpc) is 2.40. The van der Waals surface area contributed by atoms with Gasteiger partial charge in [0.15, 0.2) is 0 Å². The second-order valence-electron chi connectivity index (χ2n) is 5.36. The van der Waals surface area contributed by atoms with Crippen LogP contribution in [-0.2, 0) is 0 Å². The highest BCUT2D eigenvalue weighted by Crippen LogP contribution is 2.44. The Morgan fingerprint density at radius 1 is 1.50 bits per heavy atom. The molecule has 0 N–H and O–H groups in total. The molecular weight excluding hydrogens is 195 g/mol. The summed E-state index contributed by atoms with van der Waals surface area (Å²) in [5.74, 6) is 1.23. The van der Waals surface area contributed by atoms with Crippen LogP contribution in [0.5, 0.6) is 0 Å². The fourth-order valence-electron chi connectivity index (χ4n) is 2.89. The molecule has 0 aromatic carbocycles. The third kappa shape index (κ3) is 2.18. The van der Waals surface area contributed by atoms with Gasteiger partial charge in [-0.05, 0) is 31.8 Å². The van der Waals surface area contributed by atoms with Crippen LogP contribution in [0.25, 0.3) is 0 Å². The number of hydrogen-bond donors (Lipinski definition) is 0. The molecule has 0 saturated heterocycles. The predicted molar refractivity (Wildman–Crippen MR) is 70.0 cm³/mol. The SMILES string of the molecule is [B]C1(C)CCCC2=C(CC(=NCC)N2C)C1. The van der Waals surface area contributed by atoms with Crippen molar-refractivity contribution < 1.29 is 0 Å². The number of aliphatic imine (C=N–C) groups is 1. The number of amidine groups is 1. The van der Waals surface area contributed by atoms with Gasteiger partial charge in [0.2, 0.25) is 0 Å². The van der Waals surface area contributed by atoms with Crippen LogP contribution in [0.15, 0.2) is 16.3 Å². The van der Waals surface area contributed by atoms with Crippen molar-refractivity contribution in [2.75, 3.05) is 13.6 Å². The molecular formula is C13H21BN2. The van der Waals surface area contributed by atoms with E-state index < -0.39 is 0 Å². The maximum absolute atomic E-state index is 6.31. The minimum absolute atomic E-state index is 0.0143. The lowest BCUT2D eigenvalue weighted by Crippen LogP contribution is -2.20. The Kier molecular flexibility index (Phi) is 3.14. The predicted octanol–water partition coefficient (Wildman–Crippen LogP) is 2.92. The summed E-state index contributed by atoms with van der Waals surface area (Å²) in [6, 6.07) is 0. The molecule has 2 rings (SSSR count). The van der Waals surface area contributed by atoms with Crippen molar-refractivity contribution >= 4 is 13.7 Å². The minimum Gasteiger partial charge on any atom is -0.337 e. The van der Waals surface area contributed by atoms with Gasteiger partial charge in [-0.25, -0.2) is 0 Å². The van der Waals surface area contributed by atoms with E-state index >= 15 is 0 Å². The van der Waals surface area contributed by atoms with Crippen molar-refractivity contribution in [3.8, 4) is 0 Å². The van der Waals surface area contributed by atoms with E-state index in [9.17, 15) is 0 Å². The van der Waals surface area contributed by atoms with Crippen LogP contribution in [0.1, 0.15) is 46.0 Å². The van der Waals surface area contributed by atoms with Gasteiger partial charge in [-0.15, -0.1) is 0 Å². The summed E-state index contributed by atoms with van der Waals surface area (Å²) in [5, 5.41) is -0.0143. The first-order chi connectivity index (χ1) is 7.53. The lowest BCUT2D eigenvalue weighted by atomic mass is 9.64. The molecule has 1 heterocycles. The molecule has 0 spiro atoms. The monoisotopic (exact) mass is 216 g/mol. The lowest BCUT2D eigenvalue weighted by molar-refractivity contribution is 0.529. The molecule has 0 bridgehead atoms. The van der Waals surface area contributed by atoms with E-state index in [0.29, 0.717) is 0 Å². The van der Waals surface area contributed by atoms with Crippen molar-refractivity contribution in [3.63, 3.8) is 0 Å². The average molecular weight is 216 g/mol. The van der Waals surface area contributed by atoms with Crippen LogP contribution in [0.3, 0.4) is 0 Å². The molecule has 1 unspecified atom stereocenters. The first-order valence-electron chi connectivity index (χ1n) is 6.30. The van der Waals surface area contributed by atoms with Crippen LogP contribution >= 0.6 is 0 Å². The summed E-state index contributed by atoms with van der Waals surface area (Å²) in [7, 11) is 8.45. The zero-order valence-electron chi connectivity index (χ0n) is 10.7. The quantitative estimate of drug-likeness (QED) is 0.615. The Balaban J connectivity index is 2.22. The first-order valence-corrected chi connectivity index (χ1v) is 6.30. The van der Waals surface area contributed by atoms with E-state index in [1.54, 1.807) is 0 Å². The van der Waals surface area contributed by atoms with Gasteiger partial charge in [0, 0.05) is 25.7 Å². The molecule has 0 saturated carbocycles. The molecule has 0 fully saturated rings. The van der Waals surface area contributed by atoms with Crippen molar-refractivity contribution in [2.24, 2.45) is 4.99 Å². The first kappa shape index (κ1) is 11.8. The molecule has 2 radical (unpaired) electrons. The molecule has 1 aliphatic carbocycles. The second kappa shape index (κ2) is 4.27. The number of hydrogen-bond acceptors (Lipinski definition) is 1. The van der Waals surface area contributed by atoms with E-state index in [4.69, 9.17) is 7.85 Å². The summed E-state index contributed by atoms with van der Waals surface area (Å²) < 4.78 is 0. The molecule has 0 amide bonds. The van der Waals surface area contributed by atoms with Crippen molar-refractivity contribution in [2.45, 2.75) is 51.3 Å². The number of nitrogens with zero attached hydrogens (tertiary/aromatic N) is 2. The molecule has 0 aromatic heterocycles. The highest BCUT2D eigenvalue weighted by molar-refractivity contribution is 6.15. The molecule has 86 valence electrons. The summed E-state index contributed by atoms with van der Waals surface area (Å²) in [5.41, 5.74) is 3.01. The molecule has 1 atom stereocenters. The largest absolute Gasteiger partial charge is 0.337 e. The van der Waals surface area contributed by atoms with Gasteiger partial charge < -0.3 is 4.90 Å². The summed E-state index contributed by atoms with van der Waals surface area (Å²) >= 11 is 0. The zero-order valence-corrected chi connectivity index (χ0v) is 10.7. The standard InChI is InChI=1S/C13H21BN2/c1-4-15-12-8-10-9-13(2,14)7-5-6-11(10)16(12)3/h4-9H2,1-3H3. The van der Waals surface area contributed by atoms with E-state index in [0.717, 1.165) is 25.8 Å². The zero-order chi connectivity index (χ0) is 11.8. The summed E-state index contributed by atoms with van der Waals surface area (Å²) in [4.78, 5) is 6.86. The van der Waals surface area contributed by atoms with Crippen LogP contribution in [0, 0.1) is 0 Å². The molecule has 3 heteroatoms. The van der Waals surface area contributed by atoms with Gasteiger partial charge in [0.1, 0.15) is 5.84 Å². The smallest absolute Gasteiger partial charge is 0.107 e. The summed E-state index contributed by atoms with van der Waals surface area (Å²) in [6.45, 7) is 5.15. The van der Waals surface area contributed by atoms with Gasteiger partial charge in [-0.1, -0.05) is 18.7 Å². The highest BCUT2D eigenvalue weighted by Gasteiger charge is 2.31. The Labute approximate surface area is 100 Å². The van der Waals surface area contributed by atoms with E-state index in [1.165, 1.54) is 29.9 Å². The third-order valence-electron chi connectivity index (χ3n) is 3.69. The number of allylic oxidation sites excluding steroid dienone is 1. The highest BCUT2D eigenvalue weighted by atomic mass is 15.2. The van der Waals surface area contributed by atoms with Crippen molar-refractivity contribution in [1.29, 1.82) is 0 Å². The molecule has 2 nitrogen and oxygen atoms in total. The topological polar surface area (TPSA) is 15.6 Å². The van der Waals surface area contributed by atoms with Crippen LogP contribution < -0.4 is 0 Å². The van der Waals surface area contributed by atoms with Crippen LogP contribution in [-0.4, -0.2) is 32.2 Å². The van der Waals surface area contributed by atoms with Crippen molar-refractivity contribution in [3.05, 3.63) is 11.3 Å². The van der Waals surface area contributed by atoms with Gasteiger partial charge in [0.25, 0.3) is 0 Å². The Hall–Kier alpha value is -0.725. The minimum atomic E-state index is -0.0143. The molecule has 16 heavy (non-hydrogen) atoms. The maximum Gasteiger partial charge on any atom is 0.107 e.